The monoisotopic (exact) mass is 275 g/mol. The van der Waals surface area contributed by atoms with Gasteiger partial charge in [0.15, 0.2) is 0 Å². The first-order chi connectivity index (χ1) is 9.74. The fraction of sp³-hybridized carbons (Fsp3) is 0.588. The molecule has 0 N–H and O–H groups in total. The zero-order chi connectivity index (χ0) is 14.4. The van der Waals surface area contributed by atoms with E-state index in [2.05, 4.69) is 24.0 Å². The summed E-state index contributed by atoms with van der Waals surface area (Å²) in [5, 5.41) is 0. The molecule has 1 aromatic carbocycles. The second kappa shape index (κ2) is 7.44. The Bertz CT molecular complexity index is 438. The molecule has 3 nitrogen and oxygen atoms in total. The Kier molecular flexibility index (Phi) is 5.60. The van der Waals surface area contributed by atoms with Crippen LogP contribution in [0.4, 0.5) is 0 Å². The smallest absolute Gasteiger partial charge is 0.309 e. The number of hydrogen-bond acceptors (Lipinski definition) is 3. The molecule has 0 bridgehead atoms. The van der Waals surface area contributed by atoms with E-state index >= 15 is 0 Å². The third-order valence-corrected chi connectivity index (χ3v) is 4.30. The van der Waals surface area contributed by atoms with Crippen molar-refractivity contribution in [3.8, 4) is 0 Å². The second-order valence-electron chi connectivity index (χ2n) is 5.52. The maximum atomic E-state index is 11.5. The highest BCUT2D eigenvalue weighted by atomic mass is 16.5. The molecule has 0 radical (unpaired) electrons. The van der Waals surface area contributed by atoms with Crippen LogP contribution in [0.1, 0.15) is 43.7 Å². The van der Waals surface area contributed by atoms with Crippen LogP contribution >= 0.6 is 0 Å². The number of hydrogen-bond donors (Lipinski definition) is 0. The van der Waals surface area contributed by atoms with Crippen molar-refractivity contribution in [2.45, 2.75) is 51.6 Å². The van der Waals surface area contributed by atoms with Crippen molar-refractivity contribution in [3.63, 3.8) is 0 Å². The van der Waals surface area contributed by atoms with Crippen molar-refractivity contribution in [2.75, 3.05) is 13.7 Å². The predicted molar refractivity (Wildman–Crippen MR) is 80.5 cm³/mol. The van der Waals surface area contributed by atoms with Crippen LogP contribution in [0.15, 0.2) is 24.3 Å². The molecule has 1 aliphatic rings. The van der Waals surface area contributed by atoms with Crippen molar-refractivity contribution >= 4 is 5.97 Å². The molecule has 1 fully saturated rings. The van der Waals surface area contributed by atoms with Crippen molar-refractivity contribution < 1.29 is 9.53 Å². The molecule has 2 rings (SSSR count). The van der Waals surface area contributed by atoms with E-state index in [0.29, 0.717) is 12.5 Å². The zero-order valence-corrected chi connectivity index (χ0v) is 12.6. The number of benzene rings is 1. The van der Waals surface area contributed by atoms with Gasteiger partial charge in [-0.15, -0.1) is 0 Å². The predicted octanol–water partition coefficient (Wildman–Crippen LogP) is 3.17. The number of esters is 1. The van der Waals surface area contributed by atoms with Crippen molar-refractivity contribution in [1.82, 2.24) is 4.90 Å². The summed E-state index contributed by atoms with van der Waals surface area (Å²) in [7, 11) is 1.45. The van der Waals surface area contributed by atoms with Gasteiger partial charge in [0, 0.05) is 12.6 Å². The fourth-order valence-electron chi connectivity index (χ4n) is 3.10. The van der Waals surface area contributed by atoms with E-state index < -0.39 is 0 Å². The minimum Gasteiger partial charge on any atom is -0.469 e. The van der Waals surface area contributed by atoms with Crippen molar-refractivity contribution in [3.05, 3.63) is 35.4 Å². The Morgan fingerprint density at radius 3 is 2.50 bits per heavy atom. The Morgan fingerprint density at radius 1 is 1.25 bits per heavy atom. The van der Waals surface area contributed by atoms with Crippen LogP contribution in [0.25, 0.3) is 0 Å². The Hall–Kier alpha value is -1.35. The first kappa shape index (κ1) is 15.0. The van der Waals surface area contributed by atoms with Crippen LogP contribution in [0, 0.1) is 0 Å². The lowest BCUT2D eigenvalue weighted by molar-refractivity contribution is -0.139. The quantitative estimate of drug-likeness (QED) is 0.747. The Balaban J connectivity index is 2.08. The third-order valence-electron chi connectivity index (χ3n) is 4.30. The van der Waals surface area contributed by atoms with Gasteiger partial charge in [-0.25, -0.2) is 0 Å². The number of methoxy groups -OCH3 is 1. The maximum absolute atomic E-state index is 11.5. The molecule has 110 valence electrons. The van der Waals surface area contributed by atoms with Crippen molar-refractivity contribution in [2.24, 2.45) is 0 Å². The molecular weight excluding hydrogens is 250 g/mol. The van der Waals surface area contributed by atoms with Crippen LogP contribution in [0.5, 0.6) is 0 Å². The van der Waals surface area contributed by atoms with Gasteiger partial charge in [-0.2, -0.15) is 0 Å². The van der Waals surface area contributed by atoms with Gasteiger partial charge >= 0.3 is 5.97 Å². The summed E-state index contributed by atoms with van der Waals surface area (Å²) < 4.78 is 4.79. The van der Waals surface area contributed by atoms with Gasteiger partial charge in [0.1, 0.15) is 0 Å². The minimum atomic E-state index is -0.165. The van der Waals surface area contributed by atoms with E-state index in [9.17, 15) is 4.79 Å². The summed E-state index contributed by atoms with van der Waals surface area (Å²) in [6.45, 7) is 4.23. The van der Waals surface area contributed by atoms with E-state index in [-0.39, 0.29) is 5.97 Å². The Morgan fingerprint density at radius 2 is 1.90 bits per heavy atom. The van der Waals surface area contributed by atoms with Crippen LogP contribution in [-0.4, -0.2) is 30.6 Å². The molecule has 0 heterocycles. The molecule has 1 aliphatic carbocycles. The van der Waals surface area contributed by atoms with E-state index in [1.807, 2.05) is 12.1 Å². The average molecular weight is 275 g/mol. The van der Waals surface area contributed by atoms with Crippen LogP contribution in [0.2, 0.25) is 0 Å². The van der Waals surface area contributed by atoms with Gasteiger partial charge in [-0.05, 0) is 30.5 Å². The number of rotatable bonds is 6. The second-order valence-corrected chi connectivity index (χ2v) is 5.52. The molecule has 1 saturated carbocycles. The summed E-state index contributed by atoms with van der Waals surface area (Å²) in [4.78, 5) is 14.1. The third kappa shape index (κ3) is 3.83. The molecular formula is C17H25NO2. The highest BCUT2D eigenvalue weighted by Crippen LogP contribution is 2.25. The van der Waals surface area contributed by atoms with Gasteiger partial charge in [0.2, 0.25) is 0 Å². The van der Waals surface area contributed by atoms with Crippen molar-refractivity contribution in [1.29, 1.82) is 0 Å². The summed E-state index contributed by atoms with van der Waals surface area (Å²) in [5.41, 5.74) is 2.35. The highest BCUT2D eigenvalue weighted by molar-refractivity contribution is 5.72. The molecule has 20 heavy (non-hydrogen) atoms. The number of carbonyl (C=O) groups is 1. The molecule has 0 saturated heterocycles. The first-order valence-corrected chi connectivity index (χ1v) is 7.62. The van der Waals surface area contributed by atoms with Gasteiger partial charge in [-0.1, -0.05) is 44.0 Å². The van der Waals surface area contributed by atoms with E-state index in [0.717, 1.165) is 18.7 Å². The summed E-state index contributed by atoms with van der Waals surface area (Å²) in [6, 6.07) is 8.93. The lowest BCUT2D eigenvalue weighted by Crippen LogP contribution is -2.32. The minimum absolute atomic E-state index is 0.165. The largest absolute Gasteiger partial charge is 0.469 e. The van der Waals surface area contributed by atoms with Crippen LogP contribution in [-0.2, 0) is 22.5 Å². The molecule has 3 heteroatoms. The fourth-order valence-corrected chi connectivity index (χ4v) is 3.10. The summed E-state index contributed by atoms with van der Waals surface area (Å²) in [6.07, 6.45) is 5.70. The highest BCUT2D eigenvalue weighted by Gasteiger charge is 2.22. The summed E-state index contributed by atoms with van der Waals surface area (Å²) >= 11 is 0. The van der Waals surface area contributed by atoms with Gasteiger partial charge < -0.3 is 4.74 Å². The van der Waals surface area contributed by atoms with E-state index in [1.54, 1.807) is 0 Å². The molecule has 0 spiro atoms. The molecule has 0 aromatic heterocycles. The summed E-state index contributed by atoms with van der Waals surface area (Å²) in [5.74, 6) is -0.165. The van der Waals surface area contributed by atoms with Gasteiger partial charge in [0.25, 0.3) is 0 Å². The lowest BCUT2D eigenvalue weighted by atomic mass is 10.0. The number of carbonyl (C=O) groups excluding carboxylic acids is 1. The van der Waals surface area contributed by atoms with Crippen LogP contribution in [0.3, 0.4) is 0 Å². The molecule has 1 aromatic rings. The number of nitrogens with zero attached hydrogens (tertiary/aromatic N) is 1. The molecule has 0 unspecified atom stereocenters. The maximum Gasteiger partial charge on any atom is 0.309 e. The lowest BCUT2D eigenvalue weighted by Gasteiger charge is -2.28. The van der Waals surface area contributed by atoms with E-state index in [1.165, 1.54) is 38.4 Å². The standard InChI is InChI=1S/C17H25NO2/c1-3-18(16-10-6-7-11-16)13-15-9-5-4-8-14(15)12-17(19)20-2/h4-5,8-9,16H,3,6-7,10-13H2,1-2H3. The molecule has 0 aliphatic heterocycles. The Labute approximate surface area is 121 Å². The average Bonchev–Trinajstić information content (AvgIpc) is 3.00. The van der Waals surface area contributed by atoms with Gasteiger partial charge in [-0.3, -0.25) is 9.69 Å². The van der Waals surface area contributed by atoms with Crippen LogP contribution < -0.4 is 0 Å². The number of ether oxygens (including phenoxy) is 1. The SMILES string of the molecule is CCN(Cc1ccccc1CC(=O)OC)C1CCCC1. The van der Waals surface area contributed by atoms with Gasteiger partial charge in [0.05, 0.1) is 13.5 Å². The zero-order valence-electron chi connectivity index (χ0n) is 12.6. The molecule has 0 atom stereocenters. The first-order valence-electron chi connectivity index (χ1n) is 7.62. The normalized spacial score (nSPS) is 15.8. The molecule has 0 amide bonds. The van der Waals surface area contributed by atoms with E-state index in [4.69, 9.17) is 4.74 Å². The topological polar surface area (TPSA) is 29.5 Å².